The van der Waals surface area contributed by atoms with E-state index >= 15 is 0 Å². The molecule has 0 N–H and O–H groups in total. The van der Waals surface area contributed by atoms with E-state index in [2.05, 4.69) is 9.58 Å². The average Bonchev–Trinajstić information content (AvgIpc) is 2.16. The van der Waals surface area contributed by atoms with E-state index in [0.29, 0.717) is 11.3 Å². The summed E-state index contributed by atoms with van der Waals surface area (Å²) in [5.74, 6) is -0.463. The first-order valence-corrected chi connectivity index (χ1v) is 3.76. The van der Waals surface area contributed by atoms with Crippen LogP contribution in [0.15, 0.2) is 18.2 Å². The van der Waals surface area contributed by atoms with Crippen molar-refractivity contribution >= 4 is 11.7 Å². The van der Waals surface area contributed by atoms with Crippen LogP contribution in [0.3, 0.4) is 0 Å². The molecular formula is C10H9NO2. The Labute approximate surface area is 76.8 Å². The van der Waals surface area contributed by atoms with Gasteiger partial charge in [0, 0.05) is 0 Å². The average molecular weight is 175 g/mol. The number of aryl methyl sites for hydroxylation is 1. The van der Waals surface area contributed by atoms with E-state index in [9.17, 15) is 4.79 Å². The third kappa shape index (κ3) is 1.67. The van der Waals surface area contributed by atoms with Gasteiger partial charge in [-0.25, -0.2) is 9.64 Å². The zero-order chi connectivity index (χ0) is 9.84. The summed E-state index contributed by atoms with van der Waals surface area (Å²) in [5.41, 5.74) is 1.49. The van der Waals surface area contributed by atoms with Crippen molar-refractivity contribution in [3.8, 4) is 0 Å². The lowest BCUT2D eigenvalue weighted by Gasteiger charge is -2.03. The Morgan fingerprint density at radius 2 is 2.23 bits per heavy atom. The highest BCUT2D eigenvalue weighted by molar-refractivity contribution is 5.96. The number of methoxy groups -OCH3 is 1. The van der Waals surface area contributed by atoms with Crippen molar-refractivity contribution in [3.05, 3.63) is 40.7 Å². The molecule has 0 fully saturated rings. The maximum absolute atomic E-state index is 11.2. The summed E-state index contributed by atoms with van der Waals surface area (Å²) in [5, 5.41) is 0. The monoisotopic (exact) mass is 175 g/mol. The van der Waals surface area contributed by atoms with Crippen LogP contribution in [0.25, 0.3) is 4.85 Å². The summed E-state index contributed by atoms with van der Waals surface area (Å²) in [4.78, 5) is 14.5. The molecule has 0 saturated heterocycles. The minimum absolute atomic E-state index is 0.331. The quantitative estimate of drug-likeness (QED) is 0.484. The lowest BCUT2D eigenvalue weighted by molar-refractivity contribution is 0.0602. The fourth-order valence-electron chi connectivity index (χ4n) is 1.08. The lowest BCUT2D eigenvalue weighted by atomic mass is 10.1. The third-order valence-corrected chi connectivity index (χ3v) is 1.75. The molecule has 1 rings (SSSR count). The highest BCUT2D eigenvalue weighted by Crippen LogP contribution is 2.24. The van der Waals surface area contributed by atoms with Crippen molar-refractivity contribution in [3.63, 3.8) is 0 Å². The molecule has 13 heavy (non-hydrogen) atoms. The maximum atomic E-state index is 11.2. The van der Waals surface area contributed by atoms with Crippen molar-refractivity contribution in [2.24, 2.45) is 0 Å². The molecule has 0 aromatic heterocycles. The van der Waals surface area contributed by atoms with Gasteiger partial charge in [0.15, 0.2) is 0 Å². The van der Waals surface area contributed by atoms with Gasteiger partial charge in [-0.15, -0.1) is 0 Å². The predicted molar refractivity (Wildman–Crippen MR) is 48.8 cm³/mol. The molecule has 0 unspecified atom stereocenters. The number of nitrogens with zero attached hydrogens (tertiary/aromatic N) is 1. The van der Waals surface area contributed by atoms with E-state index in [1.165, 1.54) is 7.11 Å². The Morgan fingerprint density at radius 1 is 1.54 bits per heavy atom. The van der Waals surface area contributed by atoms with Crippen LogP contribution >= 0.6 is 0 Å². The summed E-state index contributed by atoms with van der Waals surface area (Å²) in [6.45, 7) is 8.70. The van der Waals surface area contributed by atoms with Crippen LogP contribution in [0.2, 0.25) is 0 Å². The second kappa shape index (κ2) is 3.72. The van der Waals surface area contributed by atoms with E-state index < -0.39 is 5.97 Å². The van der Waals surface area contributed by atoms with Crippen molar-refractivity contribution in [2.45, 2.75) is 6.92 Å². The minimum Gasteiger partial charge on any atom is -0.466 e. The van der Waals surface area contributed by atoms with Crippen molar-refractivity contribution in [1.29, 1.82) is 0 Å². The smallest absolute Gasteiger partial charge is 0.327 e. The summed E-state index contributed by atoms with van der Waals surface area (Å²) < 4.78 is 4.55. The van der Waals surface area contributed by atoms with Crippen LogP contribution in [-0.4, -0.2) is 13.1 Å². The van der Waals surface area contributed by atoms with E-state index in [4.69, 9.17) is 6.57 Å². The standard InChI is InChI=1S/C10H9NO2/c1-7-5-4-6-8(9(7)11-2)10(12)13-3/h4-6H,1,3H3. The van der Waals surface area contributed by atoms with E-state index in [0.717, 1.165) is 5.56 Å². The molecule has 0 spiro atoms. The molecule has 0 aliphatic carbocycles. The normalized spacial score (nSPS) is 9.00. The Kier molecular flexibility index (Phi) is 2.65. The molecule has 3 heteroatoms. The fourth-order valence-corrected chi connectivity index (χ4v) is 1.08. The molecule has 1 aromatic carbocycles. The molecule has 66 valence electrons. The first kappa shape index (κ1) is 9.27. The summed E-state index contributed by atoms with van der Waals surface area (Å²) in [6, 6.07) is 5.11. The van der Waals surface area contributed by atoms with Crippen LogP contribution in [0, 0.1) is 13.5 Å². The van der Waals surface area contributed by atoms with Crippen LogP contribution in [-0.2, 0) is 4.74 Å². The van der Waals surface area contributed by atoms with Gasteiger partial charge in [-0.05, 0) is 12.5 Å². The van der Waals surface area contributed by atoms with E-state index in [1.807, 2.05) is 0 Å². The van der Waals surface area contributed by atoms with Crippen molar-refractivity contribution in [1.82, 2.24) is 0 Å². The molecule has 0 atom stereocenters. The Hall–Kier alpha value is -1.82. The number of carbonyl (C=O) groups is 1. The second-order valence-electron chi connectivity index (χ2n) is 2.57. The Balaban J connectivity index is 3.30. The third-order valence-electron chi connectivity index (χ3n) is 1.75. The second-order valence-corrected chi connectivity index (χ2v) is 2.57. The van der Waals surface area contributed by atoms with Gasteiger partial charge in [-0.1, -0.05) is 18.2 Å². The zero-order valence-corrected chi connectivity index (χ0v) is 7.50. The number of carbonyl (C=O) groups excluding carboxylic acids is 1. The zero-order valence-electron chi connectivity index (χ0n) is 7.50. The predicted octanol–water partition coefficient (Wildman–Crippen LogP) is 2.33. The van der Waals surface area contributed by atoms with Crippen LogP contribution in [0.4, 0.5) is 5.69 Å². The molecular weight excluding hydrogens is 166 g/mol. The molecule has 0 amide bonds. The van der Waals surface area contributed by atoms with Gasteiger partial charge in [0.1, 0.15) is 0 Å². The number of rotatable bonds is 1. The van der Waals surface area contributed by atoms with E-state index in [-0.39, 0.29) is 0 Å². The topological polar surface area (TPSA) is 30.7 Å². The molecule has 0 aliphatic rings. The van der Waals surface area contributed by atoms with Crippen molar-refractivity contribution in [2.75, 3.05) is 7.11 Å². The number of hydrogen-bond acceptors (Lipinski definition) is 2. The van der Waals surface area contributed by atoms with Crippen LogP contribution in [0.1, 0.15) is 15.9 Å². The van der Waals surface area contributed by atoms with Gasteiger partial charge < -0.3 is 4.74 Å². The molecule has 0 heterocycles. The largest absolute Gasteiger partial charge is 0.466 e. The minimum atomic E-state index is -0.463. The maximum Gasteiger partial charge on any atom is 0.327 e. The fraction of sp³-hybridized carbons (Fsp3) is 0.200. The first-order chi connectivity index (χ1) is 6.20. The molecule has 0 saturated carbocycles. The molecule has 0 radical (unpaired) electrons. The highest BCUT2D eigenvalue weighted by atomic mass is 16.5. The highest BCUT2D eigenvalue weighted by Gasteiger charge is 2.12. The number of esters is 1. The lowest BCUT2D eigenvalue weighted by Crippen LogP contribution is -2.01. The van der Waals surface area contributed by atoms with Gasteiger partial charge in [0.2, 0.25) is 5.69 Å². The van der Waals surface area contributed by atoms with Gasteiger partial charge >= 0.3 is 5.97 Å². The van der Waals surface area contributed by atoms with E-state index in [1.54, 1.807) is 25.1 Å². The number of benzene rings is 1. The SMILES string of the molecule is [C-]#[N+]c1c(C)cccc1C(=O)OC. The summed E-state index contributed by atoms with van der Waals surface area (Å²) in [6.07, 6.45) is 0. The Morgan fingerprint density at radius 3 is 2.77 bits per heavy atom. The van der Waals surface area contributed by atoms with Gasteiger partial charge in [-0.3, -0.25) is 0 Å². The first-order valence-electron chi connectivity index (χ1n) is 3.76. The summed E-state index contributed by atoms with van der Waals surface area (Å²) >= 11 is 0. The number of ether oxygens (including phenoxy) is 1. The van der Waals surface area contributed by atoms with Crippen LogP contribution < -0.4 is 0 Å². The van der Waals surface area contributed by atoms with Gasteiger partial charge in [0.25, 0.3) is 0 Å². The molecule has 3 nitrogen and oxygen atoms in total. The molecule has 1 aromatic rings. The van der Waals surface area contributed by atoms with Crippen LogP contribution in [0.5, 0.6) is 0 Å². The molecule has 0 aliphatic heterocycles. The van der Waals surface area contributed by atoms with Crippen molar-refractivity contribution < 1.29 is 9.53 Å². The number of hydrogen-bond donors (Lipinski definition) is 0. The van der Waals surface area contributed by atoms with Gasteiger partial charge in [-0.2, -0.15) is 0 Å². The summed E-state index contributed by atoms with van der Waals surface area (Å²) in [7, 11) is 1.30. The van der Waals surface area contributed by atoms with Gasteiger partial charge in [0.05, 0.1) is 19.2 Å². The molecule has 0 bridgehead atoms. The Bertz CT molecular complexity index is 377. The number of para-hydroxylation sites is 1.